The van der Waals surface area contributed by atoms with E-state index in [0.29, 0.717) is 17.1 Å². The minimum absolute atomic E-state index is 0.108. The summed E-state index contributed by atoms with van der Waals surface area (Å²) in [5, 5.41) is 10.4. The van der Waals surface area contributed by atoms with Crippen molar-refractivity contribution in [2.45, 2.75) is 32.0 Å². The SMILES string of the molecule is COc1ccc([C@@H]2CC(=O)c3c(O)cc4c(c3O2)C=CC(C)(C)O4)cc1. The molecule has 0 aromatic heterocycles. The molecule has 1 atom stereocenters. The lowest BCUT2D eigenvalue weighted by Crippen LogP contribution is -2.29. The number of Topliss-reactive ketones (excluding diaryl/α,β-unsaturated/α-hetero) is 1. The Bertz CT molecular complexity index is 909. The van der Waals surface area contributed by atoms with E-state index in [1.54, 1.807) is 7.11 Å². The minimum Gasteiger partial charge on any atom is -0.507 e. The summed E-state index contributed by atoms with van der Waals surface area (Å²) in [5.41, 5.74) is 1.30. The van der Waals surface area contributed by atoms with Crippen molar-refractivity contribution >= 4 is 11.9 Å². The minimum atomic E-state index is -0.484. The lowest BCUT2D eigenvalue weighted by atomic mass is 9.91. The second kappa shape index (κ2) is 5.80. The monoisotopic (exact) mass is 352 g/mol. The topological polar surface area (TPSA) is 65.0 Å². The Morgan fingerprint density at radius 1 is 1.23 bits per heavy atom. The average Bonchev–Trinajstić information content (AvgIpc) is 2.60. The highest BCUT2D eigenvalue weighted by molar-refractivity contribution is 6.04. The summed E-state index contributed by atoms with van der Waals surface area (Å²) in [6.45, 7) is 3.85. The van der Waals surface area contributed by atoms with Crippen LogP contribution in [-0.4, -0.2) is 23.6 Å². The van der Waals surface area contributed by atoms with Crippen LogP contribution in [-0.2, 0) is 0 Å². The number of carbonyl (C=O) groups is 1. The van der Waals surface area contributed by atoms with Crippen molar-refractivity contribution in [2.75, 3.05) is 7.11 Å². The highest BCUT2D eigenvalue weighted by Gasteiger charge is 2.35. The Kier molecular flexibility index (Phi) is 3.68. The number of carbonyl (C=O) groups excluding carboxylic acids is 1. The Hall–Kier alpha value is -2.95. The number of ketones is 1. The Morgan fingerprint density at radius 3 is 2.65 bits per heavy atom. The van der Waals surface area contributed by atoms with E-state index < -0.39 is 11.7 Å². The lowest BCUT2D eigenvalue weighted by molar-refractivity contribution is 0.0841. The van der Waals surface area contributed by atoms with E-state index in [2.05, 4.69) is 0 Å². The van der Waals surface area contributed by atoms with E-state index >= 15 is 0 Å². The molecule has 26 heavy (non-hydrogen) atoms. The normalized spacial score (nSPS) is 19.8. The molecule has 2 aliphatic rings. The third kappa shape index (κ3) is 2.69. The van der Waals surface area contributed by atoms with Crippen molar-refractivity contribution < 1.29 is 24.1 Å². The largest absolute Gasteiger partial charge is 0.507 e. The van der Waals surface area contributed by atoms with E-state index in [4.69, 9.17) is 14.2 Å². The number of benzene rings is 2. The molecule has 0 fully saturated rings. The molecular formula is C21H20O5. The van der Waals surface area contributed by atoms with Crippen molar-refractivity contribution in [2.24, 2.45) is 0 Å². The molecule has 4 rings (SSSR count). The van der Waals surface area contributed by atoms with Crippen molar-refractivity contribution in [3.8, 4) is 23.0 Å². The van der Waals surface area contributed by atoms with Crippen LogP contribution in [0.2, 0.25) is 0 Å². The Balaban J connectivity index is 1.77. The number of methoxy groups -OCH3 is 1. The Labute approximate surface area is 151 Å². The maximum absolute atomic E-state index is 12.7. The fraction of sp³-hybridized carbons (Fsp3) is 0.286. The van der Waals surface area contributed by atoms with Crippen LogP contribution >= 0.6 is 0 Å². The average molecular weight is 352 g/mol. The molecule has 2 aromatic carbocycles. The number of aromatic hydroxyl groups is 1. The first-order valence-corrected chi connectivity index (χ1v) is 8.50. The quantitative estimate of drug-likeness (QED) is 0.873. The van der Waals surface area contributed by atoms with Gasteiger partial charge in [0, 0.05) is 6.07 Å². The van der Waals surface area contributed by atoms with Crippen LogP contribution in [0, 0.1) is 0 Å². The molecule has 0 saturated carbocycles. The van der Waals surface area contributed by atoms with Gasteiger partial charge in [0.25, 0.3) is 0 Å². The molecule has 0 bridgehead atoms. The maximum atomic E-state index is 12.7. The van der Waals surface area contributed by atoms with Gasteiger partial charge in [-0.3, -0.25) is 4.79 Å². The fourth-order valence-corrected chi connectivity index (χ4v) is 3.33. The summed E-state index contributed by atoms with van der Waals surface area (Å²) in [6, 6.07) is 8.93. The molecule has 0 amide bonds. The number of fused-ring (bicyclic) bond motifs is 3. The molecular weight excluding hydrogens is 332 g/mol. The zero-order valence-electron chi connectivity index (χ0n) is 14.9. The molecule has 0 aliphatic carbocycles. The number of rotatable bonds is 2. The van der Waals surface area contributed by atoms with Crippen molar-refractivity contribution in [3.05, 3.63) is 53.1 Å². The van der Waals surface area contributed by atoms with Crippen LogP contribution in [0.25, 0.3) is 6.08 Å². The predicted molar refractivity (Wildman–Crippen MR) is 97.2 cm³/mol. The summed E-state index contributed by atoms with van der Waals surface area (Å²) < 4.78 is 17.3. The molecule has 134 valence electrons. The smallest absolute Gasteiger partial charge is 0.174 e. The van der Waals surface area contributed by atoms with Gasteiger partial charge in [-0.2, -0.15) is 0 Å². The molecule has 2 heterocycles. The second-order valence-corrected chi connectivity index (χ2v) is 7.06. The molecule has 2 aromatic rings. The summed E-state index contributed by atoms with van der Waals surface area (Å²) in [5.74, 6) is 1.37. The summed E-state index contributed by atoms with van der Waals surface area (Å²) in [7, 11) is 1.61. The molecule has 0 saturated heterocycles. The molecule has 0 spiro atoms. The third-order valence-corrected chi connectivity index (χ3v) is 4.68. The van der Waals surface area contributed by atoms with Gasteiger partial charge < -0.3 is 19.3 Å². The van der Waals surface area contributed by atoms with E-state index in [1.807, 2.05) is 50.3 Å². The van der Waals surface area contributed by atoms with E-state index in [-0.39, 0.29) is 23.5 Å². The Morgan fingerprint density at radius 2 is 1.96 bits per heavy atom. The number of hydrogen-bond donors (Lipinski definition) is 1. The first kappa shape index (κ1) is 16.5. The van der Waals surface area contributed by atoms with E-state index in [9.17, 15) is 9.90 Å². The molecule has 5 heteroatoms. The number of phenols is 1. The fourth-order valence-electron chi connectivity index (χ4n) is 3.33. The van der Waals surface area contributed by atoms with Crippen LogP contribution in [0.3, 0.4) is 0 Å². The van der Waals surface area contributed by atoms with E-state index in [0.717, 1.165) is 11.3 Å². The lowest BCUT2D eigenvalue weighted by Gasteiger charge is -2.32. The first-order chi connectivity index (χ1) is 12.4. The molecule has 5 nitrogen and oxygen atoms in total. The van der Waals surface area contributed by atoms with Gasteiger partial charge in [-0.15, -0.1) is 0 Å². The van der Waals surface area contributed by atoms with Gasteiger partial charge in [0.1, 0.15) is 40.3 Å². The zero-order chi connectivity index (χ0) is 18.5. The number of phenolic OH excluding ortho intramolecular Hbond substituents is 1. The van der Waals surface area contributed by atoms with Crippen molar-refractivity contribution in [1.29, 1.82) is 0 Å². The van der Waals surface area contributed by atoms with Gasteiger partial charge in [-0.05, 0) is 43.7 Å². The van der Waals surface area contributed by atoms with E-state index in [1.165, 1.54) is 6.07 Å². The first-order valence-electron chi connectivity index (χ1n) is 8.50. The van der Waals surface area contributed by atoms with Crippen LogP contribution in [0.5, 0.6) is 23.0 Å². The molecule has 0 radical (unpaired) electrons. The van der Waals surface area contributed by atoms with Gasteiger partial charge in [0.15, 0.2) is 5.78 Å². The molecule has 0 unspecified atom stereocenters. The molecule has 1 N–H and O–H groups in total. The van der Waals surface area contributed by atoms with Crippen LogP contribution in [0.1, 0.15) is 47.9 Å². The predicted octanol–water partition coefficient (Wildman–Crippen LogP) is 4.29. The summed E-state index contributed by atoms with van der Waals surface area (Å²) >= 11 is 0. The van der Waals surface area contributed by atoms with Gasteiger partial charge >= 0.3 is 0 Å². The van der Waals surface area contributed by atoms with Gasteiger partial charge in [0.2, 0.25) is 0 Å². The van der Waals surface area contributed by atoms with Crippen molar-refractivity contribution in [1.82, 2.24) is 0 Å². The third-order valence-electron chi connectivity index (χ3n) is 4.68. The van der Waals surface area contributed by atoms with Gasteiger partial charge in [0.05, 0.1) is 19.1 Å². The highest BCUT2D eigenvalue weighted by atomic mass is 16.5. The molecule has 2 aliphatic heterocycles. The maximum Gasteiger partial charge on any atom is 0.174 e. The number of hydrogen-bond acceptors (Lipinski definition) is 5. The number of ether oxygens (including phenoxy) is 3. The summed E-state index contributed by atoms with van der Waals surface area (Å²) in [4.78, 5) is 12.7. The van der Waals surface area contributed by atoms with Gasteiger partial charge in [-0.1, -0.05) is 12.1 Å². The highest BCUT2D eigenvalue weighted by Crippen LogP contribution is 2.48. The standard InChI is InChI=1S/C21H20O5/c1-21(2)9-8-14-18(26-21)11-16(23)19-15(22)10-17(25-20(14)19)12-4-6-13(24-3)7-5-12/h4-9,11,17,23H,10H2,1-3H3/t17-/m0/s1. The van der Waals surface area contributed by atoms with Crippen molar-refractivity contribution in [3.63, 3.8) is 0 Å². The second-order valence-electron chi connectivity index (χ2n) is 7.06. The zero-order valence-corrected chi connectivity index (χ0v) is 14.9. The van der Waals surface area contributed by atoms with Crippen LogP contribution in [0.15, 0.2) is 36.4 Å². The van der Waals surface area contributed by atoms with Crippen LogP contribution < -0.4 is 14.2 Å². The summed E-state index contributed by atoms with van der Waals surface area (Å²) in [6.07, 6.45) is 3.55. The van der Waals surface area contributed by atoms with Gasteiger partial charge in [-0.25, -0.2) is 0 Å². The van der Waals surface area contributed by atoms with Crippen LogP contribution in [0.4, 0.5) is 0 Å².